The van der Waals surface area contributed by atoms with Crippen LogP contribution in [0.1, 0.15) is 25.0 Å². The molecule has 0 aromatic heterocycles. The number of aliphatic hydroxyl groups excluding tert-OH is 1. The average molecular weight is 660 g/mol. The SMILES string of the molecule is C[C@@H](O)[C@H]1C(=O)N2C(C(=O)[O-])=C(CN3c4ccc5ccc(C[N+]67CC[N+](CC(N)=O)(CC6)CC7)cc5c4CS3(=O)=O)[C@H](C)[C@H]12.[Cl-]. The molecule has 12 nitrogen and oxygen atoms in total. The fourth-order valence-electron chi connectivity index (χ4n) is 8.63. The number of hydrogen-bond donors (Lipinski definition) is 2. The number of benzene rings is 2. The first-order valence-electron chi connectivity index (χ1n) is 15.2. The number of carbonyl (C=O) groups is 3. The third kappa shape index (κ3) is 4.82. The zero-order chi connectivity index (χ0) is 31.3. The van der Waals surface area contributed by atoms with E-state index in [1.165, 1.54) is 11.2 Å². The van der Waals surface area contributed by atoms with Crippen LogP contribution in [0.3, 0.4) is 0 Å². The minimum absolute atomic E-state index is 0. The molecular weight excluding hydrogens is 622 g/mol. The fraction of sp³-hybridized carbons (Fsp3) is 0.516. The Morgan fingerprint density at radius 3 is 2.31 bits per heavy atom. The van der Waals surface area contributed by atoms with Gasteiger partial charge in [0.1, 0.15) is 45.8 Å². The number of primary amides is 1. The zero-order valence-electron chi connectivity index (χ0n) is 25.3. The highest BCUT2D eigenvalue weighted by Gasteiger charge is 2.59. The summed E-state index contributed by atoms with van der Waals surface area (Å²) in [5.41, 5.74) is 7.87. The predicted molar refractivity (Wildman–Crippen MR) is 158 cm³/mol. The zero-order valence-corrected chi connectivity index (χ0v) is 26.9. The molecule has 6 heterocycles. The van der Waals surface area contributed by atoms with E-state index in [9.17, 15) is 33.0 Å². The van der Waals surface area contributed by atoms with Gasteiger partial charge in [-0.05, 0) is 35.4 Å². The summed E-state index contributed by atoms with van der Waals surface area (Å²) in [5, 5.41) is 24.2. The molecule has 6 aliphatic heterocycles. The normalized spacial score (nSPS) is 31.8. The molecule has 2 aromatic carbocycles. The number of carboxylic acid groups (broad SMARTS) is 1. The number of nitrogens with zero attached hydrogens (tertiary/aromatic N) is 4. The van der Waals surface area contributed by atoms with Crippen molar-refractivity contribution in [2.24, 2.45) is 17.6 Å². The van der Waals surface area contributed by atoms with Gasteiger partial charge in [0.25, 0.3) is 5.91 Å². The van der Waals surface area contributed by atoms with Crippen molar-refractivity contribution in [1.29, 1.82) is 0 Å². The summed E-state index contributed by atoms with van der Waals surface area (Å²) in [7, 11) is -3.83. The van der Waals surface area contributed by atoms with E-state index >= 15 is 0 Å². The monoisotopic (exact) mass is 659 g/mol. The molecule has 242 valence electrons. The second-order valence-corrected chi connectivity index (χ2v) is 15.5. The molecule has 4 saturated heterocycles. The largest absolute Gasteiger partial charge is 1.00 e. The lowest BCUT2D eigenvalue weighted by Gasteiger charge is -2.55. The van der Waals surface area contributed by atoms with Gasteiger partial charge in [0, 0.05) is 17.0 Å². The van der Waals surface area contributed by atoms with Crippen molar-refractivity contribution in [3.8, 4) is 0 Å². The number of β-lactam (4-membered cyclic amide) rings is 1. The average Bonchev–Trinajstić information content (AvgIpc) is 3.36. The van der Waals surface area contributed by atoms with Gasteiger partial charge in [-0.25, -0.2) is 8.42 Å². The number of nitrogens with two attached hydrogens (primary N) is 1. The summed E-state index contributed by atoms with van der Waals surface area (Å²) in [4.78, 5) is 37.8. The van der Waals surface area contributed by atoms with Gasteiger partial charge in [0.15, 0.2) is 6.54 Å². The van der Waals surface area contributed by atoms with Crippen LogP contribution in [0.5, 0.6) is 0 Å². The minimum Gasteiger partial charge on any atom is -1.00 e. The highest BCUT2D eigenvalue weighted by atomic mass is 35.5. The summed E-state index contributed by atoms with van der Waals surface area (Å²) in [6, 6.07) is 9.34. The minimum atomic E-state index is -3.83. The fourth-order valence-corrected chi connectivity index (χ4v) is 10.3. The van der Waals surface area contributed by atoms with E-state index in [4.69, 9.17) is 5.73 Å². The quantitative estimate of drug-likeness (QED) is 0.216. The van der Waals surface area contributed by atoms with Crippen molar-refractivity contribution >= 4 is 44.3 Å². The number of aliphatic carboxylic acids is 1. The van der Waals surface area contributed by atoms with Crippen LogP contribution in [0.15, 0.2) is 41.6 Å². The van der Waals surface area contributed by atoms with E-state index in [1.54, 1.807) is 13.0 Å². The smallest absolute Gasteiger partial charge is 0.272 e. The molecule has 8 rings (SSSR count). The van der Waals surface area contributed by atoms with Crippen LogP contribution in [0.4, 0.5) is 5.69 Å². The van der Waals surface area contributed by atoms with E-state index < -0.39 is 45.9 Å². The molecule has 0 radical (unpaired) electrons. The number of quaternary nitrogens is 2. The molecule has 45 heavy (non-hydrogen) atoms. The Bertz CT molecular complexity index is 1750. The molecular formula is C31H38ClN5O7S. The topological polar surface area (TPSA) is 161 Å². The van der Waals surface area contributed by atoms with Crippen molar-refractivity contribution in [2.45, 2.75) is 38.3 Å². The van der Waals surface area contributed by atoms with E-state index in [-0.39, 0.29) is 36.3 Å². The van der Waals surface area contributed by atoms with Crippen LogP contribution in [0.25, 0.3) is 10.8 Å². The number of halogens is 1. The summed E-state index contributed by atoms with van der Waals surface area (Å²) in [6.45, 7) is 9.93. The van der Waals surface area contributed by atoms with Crippen molar-refractivity contribution in [1.82, 2.24) is 4.90 Å². The Hall–Kier alpha value is -3.23. The van der Waals surface area contributed by atoms with Crippen LogP contribution in [0, 0.1) is 11.8 Å². The lowest BCUT2D eigenvalue weighted by molar-refractivity contribution is -1.08. The molecule has 0 saturated carbocycles. The molecule has 4 fully saturated rings. The van der Waals surface area contributed by atoms with Gasteiger partial charge in [0.2, 0.25) is 15.9 Å². The van der Waals surface area contributed by atoms with Crippen molar-refractivity contribution in [2.75, 3.05) is 56.7 Å². The Labute approximate surface area is 268 Å². The van der Waals surface area contributed by atoms with Gasteiger partial charge in [-0.1, -0.05) is 25.1 Å². The molecule has 2 bridgehead atoms. The van der Waals surface area contributed by atoms with Gasteiger partial charge in [-0.15, -0.1) is 0 Å². The molecule has 2 aromatic rings. The Kier molecular flexibility index (Phi) is 7.52. The Morgan fingerprint density at radius 1 is 1.09 bits per heavy atom. The number of rotatable bonds is 8. The van der Waals surface area contributed by atoms with Gasteiger partial charge in [-0.3, -0.25) is 13.9 Å². The number of amides is 2. The molecule has 3 N–H and O–H groups in total. The molecule has 0 aliphatic carbocycles. The summed E-state index contributed by atoms with van der Waals surface area (Å²) in [6.07, 6.45) is -0.956. The molecule has 4 atom stereocenters. The summed E-state index contributed by atoms with van der Waals surface area (Å²) >= 11 is 0. The van der Waals surface area contributed by atoms with Crippen molar-refractivity contribution in [3.05, 3.63) is 52.7 Å². The first kappa shape index (κ1) is 31.7. The number of piperazine rings is 3. The second kappa shape index (κ2) is 10.7. The number of carbonyl (C=O) groups excluding carboxylic acids is 3. The number of carboxylic acids is 1. The van der Waals surface area contributed by atoms with Gasteiger partial charge < -0.3 is 47.0 Å². The van der Waals surface area contributed by atoms with Crippen molar-refractivity contribution in [3.63, 3.8) is 0 Å². The van der Waals surface area contributed by atoms with E-state index in [2.05, 4.69) is 12.1 Å². The van der Waals surface area contributed by atoms with Crippen molar-refractivity contribution < 1.29 is 54.4 Å². The van der Waals surface area contributed by atoms with Gasteiger partial charge in [-0.2, -0.15) is 0 Å². The number of sulfonamides is 1. The first-order valence-corrected chi connectivity index (χ1v) is 16.8. The maximum atomic E-state index is 13.6. The third-order valence-corrected chi connectivity index (χ3v) is 12.7. The van der Waals surface area contributed by atoms with Crippen LogP contribution >= 0.6 is 0 Å². The number of anilines is 1. The van der Waals surface area contributed by atoms with Crippen LogP contribution < -0.4 is 27.6 Å². The van der Waals surface area contributed by atoms with Crippen LogP contribution in [0.2, 0.25) is 0 Å². The Balaban J connectivity index is 0.00000357. The van der Waals surface area contributed by atoms with Gasteiger partial charge >= 0.3 is 0 Å². The number of fused-ring (bicyclic) bond motifs is 7. The summed E-state index contributed by atoms with van der Waals surface area (Å²) < 4.78 is 30.3. The van der Waals surface area contributed by atoms with Gasteiger partial charge in [0.05, 0.1) is 47.7 Å². The number of hydrogen-bond acceptors (Lipinski definition) is 7. The lowest BCUT2D eigenvalue weighted by Crippen LogP contribution is -3.00. The van der Waals surface area contributed by atoms with E-state index in [1.807, 2.05) is 12.1 Å². The highest BCUT2D eigenvalue weighted by Crippen LogP contribution is 2.48. The maximum Gasteiger partial charge on any atom is 0.272 e. The molecule has 14 heteroatoms. The highest BCUT2D eigenvalue weighted by molar-refractivity contribution is 7.92. The first-order chi connectivity index (χ1) is 20.7. The number of aliphatic hydroxyl groups is 1. The van der Waals surface area contributed by atoms with Crippen LogP contribution in [-0.4, -0.2) is 110 Å². The molecule has 6 aliphatic rings. The predicted octanol–water partition coefficient (Wildman–Crippen LogP) is -4.00. The maximum absolute atomic E-state index is 13.6. The lowest BCUT2D eigenvalue weighted by atomic mass is 9.78. The van der Waals surface area contributed by atoms with Crippen LogP contribution in [-0.2, 0) is 36.7 Å². The van der Waals surface area contributed by atoms with E-state index in [0.29, 0.717) is 23.4 Å². The third-order valence-electron chi connectivity index (χ3n) is 11.1. The Morgan fingerprint density at radius 2 is 1.71 bits per heavy atom. The molecule has 2 amide bonds. The summed E-state index contributed by atoms with van der Waals surface area (Å²) in [5.74, 6) is -3.68. The second-order valence-electron chi connectivity index (χ2n) is 13.6. The van der Waals surface area contributed by atoms with E-state index in [0.717, 1.165) is 76.0 Å². The molecule has 0 spiro atoms. The standard InChI is InChI=1S/C31H37N5O7S.ClH/c1-18-23(29(31(40)41)34-28(18)27(19(2)37)30(34)39)14-33-25-6-5-21-4-3-20(13-22(21)24(25)17-44(33,42)43)15-35-7-10-36(11-8-35,12-9-35)16-26(32)38;/h3-6,13,18-19,27-28,37H,7-12,14-17H2,1-2H3,(H-2,32,38,40,41);1H/t18-,19+,27+,28+,35?,36?;/m0./s1. The molecule has 0 unspecified atom stereocenters.